The summed E-state index contributed by atoms with van der Waals surface area (Å²) in [7, 11) is 0. The molecule has 0 N–H and O–H groups in total. The smallest absolute Gasteiger partial charge is 0.0701 e. The minimum Gasteiger partial charge on any atom is -0.309 e. The number of para-hydroxylation sites is 2. The van der Waals surface area contributed by atoms with Crippen LogP contribution in [0.15, 0.2) is 279 Å². The molecule has 0 bridgehead atoms. The first-order chi connectivity index (χ1) is 33.3. The molecule has 0 aromatic heterocycles. The van der Waals surface area contributed by atoms with Crippen molar-refractivity contribution in [2.24, 2.45) is 0 Å². The van der Waals surface area contributed by atoms with Crippen LogP contribution in [0.25, 0.3) is 43.1 Å². The fourth-order valence-corrected chi connectivity index (χ4v) is 10.5. The molecule has 0 saturated carbocycles. The van der Waals surface area contributed by atoms with Crippen LogP contribution in [-0.2, 0) is 5.41 Å². The van der Waals surface area contributed by atoms with Crippen LogP contribution in [0.4, 0.5) is 34.1 Å². The average molecular weight is 855 g/mol. The van der Waals surface area contributed by atoms with Gasteiger partial charge in [-0.2, -0.15) is 0 Å². The van der Waals surface area contributed by atoms with E-state index < -0.39 is 5.41 Å². The molecule has 67 heavy (non-hydrogen) atoms. The predicted molar refractivity (Wildman–Crippen MR) is 284 cm³/mol. The Morgan fingerprint density at radius 1 is 0.209 bits per heavy atom. The van der Waals surface area contributed by atoms with Gasteiger partial charge in [-0.25, -0.2) is 0 Å². The van der Waals surface area contributed by atoms with E-state index in [1.807, 2.05) is 0 Å². The van der Waals surface area contributed by atoms with Crippen molar-refractivity contribution in [1.29, 1.82) is 0 Å². The quantitative estimate of drug-likeness (QED) is 0.0999. The number of hydrogen-bond donors (Lipinski definition) is 0. The molecule has 2 heteroatoms. The number of rotatable bonds is 10. The minimum absolute atomic E-state index is 0.660. The molecular weight excluding hydrogens is 809 g/mol. The standard InChI is InChI=1S/C65H46N2/c1-5-25-51(26-6-1)65(52-27-7-2-8-28-52,53-37-41-57(42-38-53)66(55-29-9-3-10-30-55)63-59-33-17-13-21-47(59)45-48-22-14-18-34-60(48)63)54-39-43-58(44-40-54)67(56-31-11-4-12-32-56)64-61-35-19-15-23-49(61)46-50-24-16-20-36-62(50)64/h1-46H. The average Bonchev–Trinajstić information content (AvgIpc) is 3.40. The van der Waals surface area contributed by atoms with Gasteiger partial charge in [-0.3, -0.25) is 0 Å². The summed E-state index contributed by atoms with van der Waals surface area (Å²) >= 11 is 0. The van der Waals surface area contributed by atoms with Crippen molar-refractivity contribution in [1.82, 2.24) is 0 Å². The van der Waals surface area contributed by atoms with E-state index in [-0.39, 0.29) is 0 Å². The zero-order chi connectivity index (χ0) is 44.6. The molecule has 0 aliphatic carbocycles. The van der Waals surface area contributed by atoms with Crippen molar-refractivity contribution in [3.8, 4) is 0 Å². The van der Waals surface area contributed by atoms with Gasteiger partial charge in [0.05, 0.1) is 16.8 Å². The van der Waals surface area contributed by atoms with Crippen LogP contribution in [0, 0.1) is 0 Å². The summed E-state index contributed by atoms with van der Waals surface area (Å²) in [6.45, 7) is 0. The van der Waals surface area contributed by atoms with E-state index in [1.165, 1.54) is 76.7 Å². The van der Waals surface area contributed by atoms with Gasteiger partial charge < -0.3 is 9.80 Å². The lowest BCUT2D eigenvalue weighted by atomic mass is 9.65. The second-order valence-electron chi connectivity index (χ2n) is 17.3. The highest BCUT2D eigenvalue weighted by Gasteiger charge is 2.39. The molecule has 316 valence electrons. The van der Waals surface area contributed by atoms with Crippen LogP contribution in [0.3, 0.4) is 0 Å². The predicted octanol–water partition coefficient (Wildman–Crippen LogP) is 17.6. The number of hydrogen-bond acceptors (Lipinski definition) is 2. The number of nitrogens with zero attached hydrogens (tertiary/aromatic N) is 2. The summed E-state index contributed by atoms with van der Waals surface area (Å²) in [6, 6.07) is 102. The molecule has 0 saturated heterocycles. The highest BCUT2D eigenvalue weighted by molar-refractivity contribution is 6.15. The number of anilines is 6. The summed E-state index contributed by atoms with van der Waals surface area (Å²) in [5.41, 5.74) is 10.8. The fraction of sp³-hybridized carbons (Fsp3) is 0.0154. The second-order valence-corrected chi connectivity index (χ2v) is 17.3. The van der Waals surface area contributed by atoms with Gasteiger partial charge in [0.1, 0.15) is 0 Å². The number of benzene rings is 12. The van der Waals surface area contributed by atoms with Gasteiger partial charge in [0.25, 0.3) is 0 Å². The monoisotopic (exact) mass is 854 g/mol. The van der Waals surface area contributed by atoms with Gasteiger partial charge in [-0.15, -0.1) is 0 Å². The van der Waals surface area contributed by atoms with Gasteiger partial charge in [-0.05, 0) is 104 Å². The maximum absolute atomic E-state index is 2.44. The highest BCUT2D eigenvalue weighted by Crippen LogP contribution is 2.50. The summed E-state index contributed by atoms with van der Waals surface area (Å²) in [5, 5.41) is 9.67. The zero-order valence-electron chi connectivity index (χ0n) is 37.0. The maximum atomic E-state index is 2.44. The van der Waals surface area contributed by atoms with E-state index in [0.29, 0.717) is 0 Å². The molecule has 2 nitrogen and oxygen atoms in total. The van der Waals surface area contributed by atoms with Crippen LogP contribution < -0.4 is 9.80 Å². The minimum atomic E-state index is -0.660. The molecular formula is C65H46N2. The molecule has 12 aromatic rings. The van der Waals surface area contributed by atoms with E-state index in [0.717, 1.165) is 22.7 Å². The lowest BCUT2D eigenvalue weighted by Gasteiger charge is -2.38. The van der Waals surface area contributed by atoms with Crippen molar-refractivity contribution >= 4 is 77.2 Å². The Morgan fingerprint density at radius 2 is 0.448 bits per heavy atom. The van der Waals surface area contributed by atoms with E-state index in [9.17, 15) is 0 Å². The zero-order valence-corrected chi connectivity index (χ0v) is 37.0. The molecule has 12 rings (SSSR count). The first kappa shape index (κ1) is 39.8. The molecule has 0 fully saturated rings. The summed E-state index contributed by atoms with van der Waals surface area (Å²) < 4.78 is 0. The summed E-state index contributed by atoms with van der Waals surface area (Å²) in [4.78, 5) is 4.87. The maximum Gasteiger partial charge on any atom is 0.0701 e. The first-order valence-electron chi connectivity index (χ1n) is 23.1. The Labute approximate surface area is 391 Å². The van der Waals surface area contributed by atoms with Crippen molar-refractivity contribution in [2.75, 3.05) is 9.80 Å². The molecule has 0 amide bonds. The Kier molecular flexibility index (Phi) is 10.1. The molecule has 0 unspecified atom stereocenters. The van der Waals surface area contributed by atoms with Crippen LogP contribution >= 0.6 is 0 Å². The van der Waals surface area contributed by atoms with E-state index >= 15 is 0 Å². The molecule has 0 radical (unpaired) electrons. The lowest BCUT2D eigenvalue weighted by molar-refractivity contribution is 0.745. The van der Waals surface area contributed by atoms with Crippen molar-refractivity contribution < 1.29 is 0 Å². The van der Waals surface area contributed by atoms with Crippen LogP contribution in [-0.4, -0.2) is 0 Å². The van der Waals surface area contributed by atoms with Gasteiger partial charge in [-0.1, -0.05) is 218 Å². The number of fused-ring (bicyclic) bond motifs is 4. The summed E-state index contributed by atoms with van der Waals surface area (Å²) in [5.74, 6) is 0. The third-order valence-corrected chi connectivity index (χ3v) is 13.5. The van der Waals surface area contributed by atoms with Crippen molar-refractivity contribution in [3.05, 3.63) is 301 Å². The Morgan fingerprint density at radius 3 is 0.761 bits per heavy atom. The molecule has 0 spiro atoms. The normalized spacial score (nSPS) is 11.6. The van der Waals surface area contributed by atoms with Crippen LogP contribution in [0.5, 0.6) is 0 Å². The summed E-state index contributed by atoms with van der Waals surface area (Å²) in [6.07, 6.45) is 0. The van der Waals surface area contributed by atoms with Crippen LogP contribution in [0.2, 0.25) is 0 Å². The van der Waals surface area contributed by atoms with Gasteiger partial charge in [0, 0.05) is 44.3 Å². The van der Waals surface area contributed by atoms with E-state index in [4.69, 9.17) is 0 Å². The van der Waals surface area contributed by atoms with Crippen molar-refractivity contribution in [2.45, 2.75) is 5.41 Å². The van der Waals surface area contributed by atoms with E-state index in [1.54, 1.807) is 0 Å². The van der Waals surface area contributed by atoms with Gasteiger partial charge >= 0.3 is 0 Å². The lowest BCUT2D eigenvalue weighted by Crippen LogP contribution is -2.31. The third-order valence-electron chi connectivity index (χ3n) is 13.5. The third kappa shape index (κ3) is 6.90. The fourth-order valence-electron chi connectivity index (χ4n) is 10.5. The molecule has 0 aliphatic heterocycles. The Balaban J connectivity index is 1.06. The second kappa shape index (κ2) is 17.0. The molecule has 0 aliphatic rings. The Bertz CT molecular complexity index is 3310. The molecule has 0 heterocycles. The Hall–Kier alpha value is -8.72. The SMILES string of the molecule is c1ccc(N(c2ccc(C(c3ccccc3)(c3ccccc3)c3ccc(N(c4ccccc4)c4c5ccccc5cc5ccccc45)cc3)cc2)c2c3ccccc3cc3ccccc23)cc1. The largest absolute Gasteiger partial charge is 0.309 e. The van der Waals surface area contributed by atoms with Crippen LogP contribution in [0.1, 0.15) is 22.3 Å². The topological polar surface area (TPSA) is 6.48 Å². The van der Waals surface area contributed by atoms with E-state index in [2.05, 4.69) is 289 Å². The van der Waals surface area contributed by atoms with Gasteiger partial charge in [0.2, 0.25) is 0 Å². The molecule has 12 aromatic carbocycles. The molecule has 0 atom stereocenters. The first-order valence-corrected chi connectivity index (χ1v) is 23.1. The van der Waals surface area contributed by atoms with Gasteiger partial charge in [0.15, 0.2) is 0 Å². The van der Waals surface area contributed by atoms with Crippen molar-refractivity contribution in [3.63, 3.8) is 0 Å². The highest BCUT2D eigenvalue weighted by atomic mass is 15.2.